The number of anilines is 1. The monoisotopic (exact) mass is 396 g/mol. The number of ether oxygens (including phenoxy) is 2. The Hall–Kier alpha value is -2.86. The second-order valence-electron chi connectivity index (χ2n) is 7.20. The lowest BCUT2D eigenvalue weighted by atomic mass is 10.0. The lowest BCUT2D eigenvalue weighted by molar-refractivity contribution is -0.117. The summed E-state index contributed by atoms with van der Waals surface area (Å²) >= 11 is 0. The molecule has 2 aromatic rings. The van der Waals surface area contributed by atoms with E-state index in [9.17, 15) is 9.59 Å². The SMILES string of the molecule is CCOc1ccc(C2CCCN2CC(=O)Nc2cc(C(=O)OC)ccc2C)cc1. The number of rotatable bonds is 7. The fourth-order valence-electron chi connectivity index (χ4n) is 3.72. The molecule has 0 spiro atoms. The minimum atomic E-state index is -0.421. The van der Waals surface area contributed by atoms with E-state index in [4.69, 9.17) is 9.47 Å². The van der Waals surface area contributed by atoms with E-state index in [0.717, 1.165) is 30.7 Å². The predicted octanol–water partition coefficient (Wildman–Crippen LogP) is 3.96. The van der Waals surface area contributed by atoms with Gasteiger partial charge >= 0.3 is 5.97 Å². The highest BCUT2D eigenvalue weighted by atomic mass is 16.5. The molecule has 6 heteroatoms. The van der Waals surface area contributed by atoms with Crippen LogP contribution in [0.3, 0.4) is 0 Å². The van der Waals surface area contributed by atoms with Crippen LogP contribution in [0, 0.1) is 6.92 Å². The second kappa shape index (κ2) is 9.56. The normalized spacial score (nSPS) is 16.4. The quantitative estimate of drug-likeness (QED) is 0.718. The fourth-order valence-corrected chi connectivity index (χ4v) is 3.72. The van der Waals surface area contributed by atoms with Crippen LogP contribution in [0.25, 0.3) is 0 Å². The molecule has 2 aromatic carbocycles. The van der Waals surface area contributed by atoms with Crippen molar-refractivity contribution in [1.82, 2.24) is 4.90 Å². The van der Waals surface area contributed by atoms with Crippen LogP contribution in [-0.2, 0) is 9.53 Å². The van der Waals surface area contributed by atoms with E-state index in [-0.39, 0.29) is 11.9 Å². The zero-order valence-corrected chi connectivity index (χ0v) is 17.2. The van der Waals surface area contributed by atoms with Gasteiger partial charge in [-0.05, 0) is 68.6 Å². The maximum atomic E-state index is 12.7. The molecule has 1 aliphatic rings. The number of carbonyl (C=O) groups is 2. The lowest BCUT2D eigenvalue weighted by Crippen LogP contribution is -2.33. The number of aryl methyl sites for hydroxylation is 1. The molecule has 0 bridgehead atoms. The molecule has 154 valence electrons. The van der Waals surface area contributed by atoms with Gasteiger partial charge in [-0.25, -0.2) is 4.79 Å². The van der Waals surface area contributed by atoms with Gasteiger partial charge in [0.05, 0.1) is 25.8 Å². The Labute approximate surface area is 171 Å². The van der Waals surface area contributed by atoms with Crippen LogP contribution in [0.2, 0.25) is 0 Å². The van der Waals surface area contributed by atoms with Crippen molar-refractivity contribution in [3.63, 3.8) is 0 Å². The lowest BCUT2D eigenvalue weighted by Gasteiger charge is -2.24. The first-order valence-corrected chi connectivity index (χ1v) is 9.97. The highest BCUT2D eigenvalue weighted by molar-refractivity contribution is 5.96. The summed E-state index contributed by atoms with van der Waals surface area (Å²) in [5, 5.41) is 2.95. The standard InChI is InChI=1S/C23H28N2O4/c1-4-29-19-11-9-17(10-12-19)21-6-5-13-25(21)15-22(26)24-20-14-18(23(27)28-3)8-7-16(20)2/h7-12,14,21H,4-6,13,15H2,1-3H3,(H,24,26). The average Bonchev–Trinajstić information content (AvgIpc) is 3.17. The van der Waals surface area contributed by atoms with Gasteiger partial charge in [0.2, 0.25) is 5.91 Å². The van der Waals surface area contributed by atoms with Gasteiger partial charge in [-0.3, -0.25) is 9.69 Å². The zero-order valence-electron chi connectivity index (χ0n) is 17.2. The van der Waals surface area contributed by atoms with Crippen molar-refractivity contribution >= 4 is 17.6 Å². The molecular formula is C23H28N2O4. The van der Waals surface area contributed by atoms with Crippen LogP contribution >= 0.6 is 0 Å². The van der Waals surface area contributed by atoms with Gasteiger partial charge in [-0.2, -0.15) is 0 Å². The third-order valence-electron chi connectivity index (χ3n) is 5.22. The molecule has 1 fully saturated rings. The molecule has 1 aliphatic heterocycles. The van der Waals surface area contributed by atoms with Gasteiger partial charge in [0.25, 0.3) is 0 Å². The van der Waals surface area contributed by atoms with E-state index in [1.54, 1.807) is 18.2 Å². The molecule has 1 heterocycles. The topological polar surface area (TPSA) is 67.9 Å². The smallest absolute Gasteiger partial charge is 0.337 e. The molecule has 0 aromatic heterocycles. The summed E-state index contributed by atoms with van der Waals surface area (Å²) in [5.41, 5.74) is 3.15. The molecule has 6 nitrogen and oxygen atoms in total. The van der Waals surface area contributed by atoms with Gasteiger partial charge in [0.1, 0.15) is 5.75 Å². The molecule has 29 heavy (non-hydrogen) atoms. The highest BCUT2D eigenvalue weighted by Gasteiger charge is 2.27. The Bertz CT molecular complexity index is 864. The van der Waals surface area contributed by atoms with E-state index in [0.29, 0.717) is 24.4 Å². The van der Waals surface area contributed by atoms with E-state index in [1.807, 2.05) is 26.0 Å². The summed E-state index contributed by atoms with van der Waals surface area (Å²) in [4.78, 5) is 26.7. The molecule has 0 saturated carbocycles. The van der Waals surface area contributed by atoms with Gasteiger partial charge in [-0.1, -0.05) is 18.2 Å². The molecule has 1 amide bonds. The largest absolute Gasteiger partial charge is 0.494 e. The van der Waals surface area contributed by atoms with Crippen molar-refractivity contribution in [2.45, 2.75) is 32.7 Å². The van der Waals surface area contributed by atoms with Crippen molar-refractivity contribution in [1.29, 1.82) is 0 Å². The minimum absolute atomic E-state index is 0.0899. The van der Waals surface area contributed by atoms with Crippen LogP contribution in [0.5, 0.6) is 5.75 Å². The Morgan fingerprint density at radius 2 is 1.93 bits per heavy atom. The summed E-state index contributed by atoms with van der Waals surface area (Å²) in [6.07, 6.45) is 2.08. The number of amides is 1. The zero-order chi connectivity index (χ0) is 20.8. The van der Waals surface area contributed by atoms with Crippen LogP contribution in [-0.4, -0.2) is 43.6 Å². The van der Waals surface area contributed by atoms with E-state index >= 15 is 0 Å². The summed E-state index contributed by atoms with van der Waals surface area (Å²) in [5.74, 6) is 0.350. The van der Waals surface area contributed by atoms with E-state index in [1.165, 1.54) is 12.7 Å². The Morgan fingerprint density at radius 1 is 1.17 bits per heavy atom. The number of benzene rings is 2. The minimum Gasteiger partial charge on any atom is -0.494 e. The van der Waals surface area contributed by atoms with Crippen LogP contribution < -0.4 is 10.1 Å². The number of methoxy groups -OCH3 is 1. The number of hydrogen-bond donors (Lipinski definition) is 1. The van der Waals surface area contributed by atoms with Crippen LogP contribution in [0.4, 0.5) is 5.69 Å². The maximum absolute atomic E-state index is 12.7. The maximum Gasteiger partial charge on any atom is 0.337 e. The summed E-state index contributed by atoms with van der Waals surface area (Å²) in [6, 6.07) is 13.5. The van der Waals surface area contributed by atoms with Gasteiger partial charge in [0.15, 0.2) is 0 Å². The molecule has 3 rings (SSSR count). The van der Waals surface area contributed by atoms with Crippen LogP contribution in [0.15, 0.2) is 42.5 Å². The summed E-state index contributed by atoms with van der Waals surface area (Å²) in [7, 11) is 1.34. The predicted molar refractivity (Wildman–Crippen MR) is 112 cm³/mol. The number of carbonyl (C=O) groups excluding carboxylic acids is 2. The molecule has 1 N–H and O–H groups in total. The summed E-state index contributed by atoms with van der Waals surface area (Å²) < 4.78 is 10.3. The van der Waals surface area contributed by atoms with Gasteiger partial charge in [-0.15, -0.1) is 0 Å². The number of hydrogen-bond acceptors (Lipinski definition) is 5. The number of nitrogens with one attached hydrogen (secondary N) is 1. The highest BCUT2D eigenvalue weighted by Crippen LogP contribution is 2.32. The Morgan fingerprint density at radius 3 is 2.62 bits per heavy atom. The Balaban J connectivity index is 1.66. The van der Waals surface area contributed by atoms with Crippen molar-refractivity contribution < 1.29 is 19.1 Å². The molecule has 1 atom stereocenters. The fraction of sp³-hybridized carbons (Fsp3) is 0.391. The van der Waals surface area contributed by atoms with E-state index in [2.05, 4.69) is 22.3 Å². The van der Waals surface area contributed by atoms with Crippen molar-refractivity contribution in [2.75, 3.05) is 32.1 Å². The number of nitrogens with zero attached hydrogens (tertiary/aromatic N) is 1. The average molecular weight is 396 g/mol. The first-order chi connectivity index (χ1) is 14.0. The van der Waals surface area contributed by atoms with Gasteiger partial charge < -0.3 is 14.8 Å². The van der Waals surface area contributed by atoms with E-state index < -0.39 is 5.97 Å². The third-order valence-corrected chi connectivity index (χ3v) is 5.22. The first kappa shape index (κ1) is 20.9. The number of esters is 1. The van der Waals surface area contributed by atoms with Crippen molar-refractivity contribution in [3.05, 3.63) is 59.2 Å². The second-order valence-corrected chi connectivity index (χ2v) is 7.20. The van der Waals surface area contributed by atoms with Crippen molar-refractivity contribution in [2.24, 2.45) is 0 Å². The third kappa shape index (κ3) is 5.15. The summed E-state index contributed by atoms with van der Waals surface area (Å²) in [6.45, 7) is 5.70. The molecule has 1 unspecified atom stereocenters. The first-order valence-electron chi connectivity index (χ1n) is 9.97. The molecule has 0 aliphatic carbocycles. The van der Waals surface area contributed by atoms with Crippen molar-refractivity contribution in [3.8, 4) is 5.75 Å². The van der Waals surface area contributed by atoms with Crippen LogP contribution in [0.1, 0.15) is 47.3 Å². The van der Waals surface area contributed by atoms with Gasteiger partial charge in [0, 0.05) is 11.7 Å². The molecule has 1 saturated heterocycles. The molecule has 0 radical (unpaired) electrons. The number of likely N-dealkylation sites (tertiary alicyclic amines) is 1. The Kier molecular flexibility index (Phi) is 6.88. The molecular weight excluding hydrogens is 368 g/mol.